The van der Waals surface area contributed by atoms with Gasteiger partial charge in [-0.1, -0.05) is 48.9 Å². The van der Waals surface area contributed by atoms with Crippen molar-refractivity contribution in [1.29, 1.82) is 0 Å². The molecule has 5 heteroatoms. The Morgan fingerprint density at radius 2 is 1.85 bits per heavy atom. The number of rotatable bonds is 8. The van der Waals surface area contributed by atoms with Crippen molar-refractivity contribution in [3.63, 3.8) is 0 Å². The smallest absolute Gasteiger partial charge is 0.252 e. The summed E-state index contributed by atoms with van der Waals surface area (Å²) in [5.41, 5.74) is 0.571. The Balaban J connectivity index is 1.71. The van der Waals surface area contributed by atoms with Gasteiger partial charge in [-0.2, -0.15) is 0 Å². The number of halogens is 1. The molecule has 0 aromatic heterocycles. The van der Waals surface area contributed by atoms with Gasteiger partial charge in [0.2, 0.25) is 0 Å². The lowest BCUT2D eigenvalue weighted by Crippen LogP contribution is -2.23. The zero-order chi connectivity index (χ0) is 18.6. The average Bonchev–Trinajstić information content (AvgIpc) is 2.66. The van der Waals surface area contributed by atoms with Crippen molar-refractivity contribution in [2.24, 2.45) is 0 Å². The zero-order valence-electron chi connectivity index (χ0n) is 14.8. The minimum atomic E-state index is -0.175. The molecule has 0 bridgehead atoms. The first kappa shape index (κ1) is 19.7. The van der Waals surface area contributed by atoms with Crippen LogP contribution in [0.4, 0.5) is 0 Å². The van der Waals surface area contributed by atoms with Gasteiger partial charge in [-0.3, -0.25) is 4.79 Å². The Morgan fingerprint density at radius 3 is 2.58 bits per heavy atom. The van der Waals surface area contributed by atoms with E-state index < -0.39 is 0 Å². The van der Waals surface area contributed by atoms with Gasteiger partial charge in [-0.05, 0) is 42.8 Å². The molecule has 0 saturated heterocycles. The monoisotopic (exact) mass is 371 g/mol. The molecular formula is C21H22ClNO3. The van der Waals surface area contributed by atoms with Gasteiger partial charge in [0, 0.05) is 5.56 Å². The first-order chi connectivity index (χ1) is 12.7. The van der Waals surface area contributed by atoms with E-state index in [0.29, 0.717) is 22.9 Å². The third-order valence-corrected chi connectivity index (χ3v) is 3.79. The fraction of sp³-hybridized carbons (Fsp3) is 0.286. The number of carbonyl (C=O) groups is 1. The fourth-order valence-electron chi connectivity index (χ4n) is 2.05. The third kappa shape index (κ3) is 6.70. The van der Waals surface area contributed by atoms with Crippen LogP contribution in [0.2, 0.25) is 5.02 Å². The molecule has 136 valence electrons. The SMILES string of the molecule is CCCCOc1ccc(C(=O)NCC#CCOc2ccccc2Cl)cc1. The lowest BCUT2D eigenvalue weighted by atomic mass is 10.2. The van der Waals surface area contributed by atoms with E-state index in [0.717, 1.165) is 18.6 Å². The highest BCUT2D eigenvalue weighted by Crippen LogP contribution is 2.22. The highest BCUT2D eigenvalue weighted by molar-refractivity contribution is 6.32. The summed E-state index contributed by atoms with van der Waals surface area (Å²) in [6.45, 7) is 3.26. The van der Waals surface area contributed by atoms with Gasteiger partial charge in [0.1, 0.15) is 18.1 Å². The second-order valence-corrected chi connectivity index (χ2v) is 5.89. The van der Waals surface area contributed by atoms with Crippen LogP contribution in [0, 0.1) is 11.8 Å². The van der Waals surface area contributed by atoms with Crippen LogP contribution in [-0.4, -0.2) is 25.7 Å². The molecule has 2 aromatic carbocycles. The number of nitrogens with one attached hydrogen (secondary N) is 1. The molecule has 0 fully saturated rings. The molecule has 0 spiro atoms. The largest absolute Gasteiger partial charge is 0.494 e. The maximum absolute atomic E-state index is 12.0. The fourth-order valence-corrected chi connectivity index (χ4v) is 2.24. The lowest BCUT2D eigenvalue weighted by Gasteiger charge is -2.06. The topological polar surface area (TPSA) is 47.6 Å². The van der Waals surface area contributed by atoms with Crippen molar-refractivity contribution >= 4 is 17.5 Å². The first-order valence-electron chi connectivity index (χ1n) is 8.55. The second kappa shape index (κ2) is 11.1. The molecule has 1 amide bonds. The summed E-state index contributed by atoms with van der Waals surface area (Å²) in [4.78, 5) is 12.0. The van der Waals surface area contributed by atoms with Gasteiger partial charge < -0.3 is 14.8 Å². The van der Waals surface area contributed by atoms with Crippen molar-refractivity contribution in [1.82, 2.24) is 5.32 Å². The molecular weight excluding hydrogens is 350 g/mol. The van der Waals surface area contributed by atoms with Crippen molar-refractivity contribution < 1.29 is 14.3 Å². The van der Waals surface area contributed by atoms with Crippen molar-refractivity contribution in [2.45, 2.75) is 19.8 Å². The second-order valence-electron chi connectivity index (χ2n) is 5.48. The van der Waals surface area contributed by atoms with E-state index >= 15 is 0 Å². The quantitative estimate of drug-likeness (QED) is 0.555. The number of benzene rings is 2. The number of carbonyl (C=O) groups excluding carboxylic acids is 1. The summed E-state index contributed by atoms with van der Waals surface area (Å²) in [5, 5.41) is 3.29. The predicted molar refractivity (Wildman–Crippen MR) is 104 cm³/mol. The summed E-state index contributed by atoms with van der Waals surface area (Å²) >= 11 is 5.98. The molecule has 0 atom stereocenters. The average molecular weight is 372 g/mol. The molecule has 0 radical (unpaired) electrons. The van der Waals surface area contributed by atoms with Crippen LogP contribution in [0.25, 0.3) is 0 Å². The van der Waals surface area contributed by atoms with Crippen LogP contribution in [-0.2, 0) is 0 Å². The molecule has 2 rings (SSSR count). The van der Waals surface area contributed by atoms with E-state index in [9.17, 15) is 4.79 Å². The van der Waals surface area contributed by atoms with Crippen LogP contribution in [0.5, 0.6) is 11.5 Å². The van der Waals surface area contributed by atoms with Crippen molar-refractivity contribution in [3.8, 4) is 23.3 Å². The third-order valence-electron chi connectivity index (χ3n) is 3.48. The Labute approximate surface area is 159 Å². The minimum Gasteiger partial charge on any atom is -0.494 e. The molecule has 26 heavy (non-hydrogen) atoms. The Hall–Kier alpha value is -2.64. The van der Waals surface area contributed by atoms with Crippen LogP contribution in [0.1, 0.15) is 30.1 Å². The molecule has 1 N–H and O–H groups in total. The van der Waals surface area contributed by atoms with E-state index in [1.165, 1.54) is 0 Å². The van der Waals surface area contributed by atoms with Crippen LogP contribution >= 0.6 is 11.6 Å². The van der Waals surface area contributed by atoms with Crippen LogP contribution in [0.3, 0.4) is 0 Å². The van der Waals surface area contributed by atoms with E-state index in [1.807, 2.05) is 12.1 Å². The number of amides is 1. The molecule has 0 heterocycles. The van der Waals surface area contributed by atoms with Crippen LogP contribution in [0.15, 0.2) is 48.5 Å². The van der Waals surface area contributed by atoms with Crippen molar-refractivity contribution in [3.05, 3.63) is 59.1 Å². The summed E-state index contributed by atoms with van der Waals surface area (Å²) in [5.74, 6) is 6.87. The molecule has 0 unspecified atom stereocenters. The molecule has 0 aliphatic heterocycles. The van der Waals surface area contributed by atoms with E-state index in [4.69, 9.17) is 21.1 Å². The number of hydrogen-bond acceptors (Lipinski definition) is 3. The van der Waals surface area contributed by atoms with Gasteiger partial charge in [0.15, 0.2) is 0 Å². The summed E-state index contributed by atoms with van der Waals surface area (Å²) in [6, 6.07) is 14.3. The molecule has 2 aromatic rings. The van der Waals surface area contributed by atoms with E-state index in [2.05, 4.69) is 24.1 Å². The highest BCUT2D eigenvalue weighted by Gasteiger charge is 2.04. The Morgan fingerprint density at radius 1 is 1.08 bits per heavy atom. The Bertz CT molecular complexity index is 763. The maximum atomic E-state index is 12.0. The normalized spacial score (nSPS) is 9.77. The number of ether oxygens (including phenoxy) is 2. The molecule has 4 nitrogen and oxygen atoms in total. The van der Waals surface area contributed by atoms with Gasteiger partial charge in [0.05, 0.1) is 18.2 Å². The lowest BCUT2D eigenvalue weighted by molar-refractivity contribution is 0.0958. The van der Waals surface area contributed by atoms with Gasteiger partial charge >= 0.3 is 0 Å². The predicted octanol–water partition coefficient (Wildman–Crippen LogP) is 4.33. The summed E-state index contributed by atoms with van der Waals surface area (Å²) in [6.07, 6.45) is 2.10. The van der Waals surface area contributed by atoms with Gasteiger partial charge in [0.25, 0.3) is 5.91 Å². The Kier molecular flexibility index (Phi) is 8.38. The number of hydrogen-bond donors (Lipinski definition) is 1. The van der Waals surface area contributed by atoms with Gasteiger partial charge in [-0.15, -0.1) is 0 Å². The molecule has 0 saturated carbocycles. The maximum Gasteiger partial charge on any atom is 0.252 e. The van der Waals surface area contributed by atoms with Crippen molar-refractivity contribution in [2.75, 3.05) is 19.8 Å². The number of unbranched alkanes of at least 4 members (excludes halogenated alkanes) is 1. The zero-order valence-corrected chi connectivity index (χ0v) is 15.5. The highest BCUT2D eigenvalue weighted by atomic mass is 35.5. The minimum absolute atomic E-state index is 0.175. The molecule has 0 aliphatic carbocycles. The van der Waals surface area contributed by atoms with Crippen LogP contribution < -0.4 is 14.8 Å². The standard InChI is InChI=1S/C21H22ClNO3/c1-2-3-15-25-18-12-10-17(11-13-18)21(24)23-14-6-7-16-26-20-9-5-4-8-19(20)22/h4-5,8-13H,2-3,14-16H2,1H3,(H,23,24). The summed E-state index contributed by atoms with van der Waals surface area (Å²) in [7, 11) is 0. The number of para-hydroxylation sites is 1. The van der Waals surface area contributed by atoms with E-state index in [-0.39, 0.29) is 19.1 Å². The molecule has 0 aliphatic rings. The van der Waals surface area contributed by atoms with Gasteiger partial charge in [-0.25, -0.2) is 0 Å². The van der Waals surface area contributed by atoms with E-state index in [1.54, 1.807) is 36.4 Å². The summed E-state index contributed by atoms with van der Waals surface area (Å²) < 4.78 is 11.0. The first-order valence-corrected chi connectivity index (χ1v) is 8.92.